The fourth-order valence-corrected chi connectivity index (χ4v) is 4.46. The Kier molecular flexibility index (Phi) is 11.3. The molecule has 0 bridgehead atoms. The predicted molar refractivity (Wildman–Crippen MR) is 154 cm³/mol. The van der Waals surface area contributed by atoms with E-state index < -0.39 is 53.8 Å². The van der Waals surface area contributed by atoms with Crippen LogP contribution >= 0.6 is 12.6 Å². The van der Waals surface area contributed by atoms with Gasteiger partial charge in [0.1, 0.15) is 18.1 Å². The number of rotatable bonds is 15. The second-order valence-electron chi connectivity index (χ2n) is 9.50. The second kappa shape index (κ2) is 14.9. The summed E-state index contributed by atoms with van der Waals surface area (Å²) in [6, 6.07) is 11.3. The molecule has 0 radical (unpaired) electrons. The van der Waals surface area contributed by atoms with Crippen LogP contribution in [0.25, 0.3) is 10.9 Å². The SMILES string of the molecule is NC(CCC(=O)O)C(=O)NC(Cc1c[nH]c2ccccc12)C(=O)NC(CS)C(=O)NC(Cc1ccccc1)C(=O)O. The number of aromatic nitrogens is 1. The lowest BCUT2D eigenvalue weighted by Gasteiger charge is -2.24. The Hall–Kier alpha value is -4.36. The van der Waals surface area contributed by atoms with Crippen LogP contribution < -0.4 is 21.7 Å². The molecule has 0 aliphatic carbocycles. The van der Waals surface area contributed by atoms with Gasteiger partial charge in [0.25, 0.3) is 0 Å². The number of benzene rings is 2. The van der Waals surface area contributed by atoms with E-state index in [2.05, 4.69) is 33.6 Å². The Labute approximate surface area is 241 Å². The summed E-state index contributed by atoms with van der Waals surface area (Å²) in [6.07, 6.45) is 1.29. The normalized spacial score (nSPS) is 13.9. The maximum absolute atomic E-state index is 13.4. The lowest BCUT2D eigenvalue weighted by molar-refractivity contribution is -0.142. The number of carboxylic acids is 2. The molecule has 3 amide bonds. The summed E-state index contributed by atoms with van der Waals surface area (Å²) in [7, 11) is 0. The van der Waals surface area contributed by atoms with Gasteiger partial charge in [-0.2, -0.15) is 12.6 Å². The zero-order valence-corrected chi connectivity index (χ0v) is 23.0. The monoisotopic (exact) mass is 583 g/mol. The number of aromatic amines is 1. The standard InChI is InChI=1S/C28H33N5O7S/c29-19(10-11-24(34)35)25(36)31-21(13-17-14-30-20-9-5-4-8-18(17)20)26(37)33-23(15-41)27(38)32-22(28(39)40)12-16-6-2-1-3-7-16/h1-9,14,19,21-23,30,41H,10-13,15,29H2,(H,31,36)(H,32,38)(H,33,37)(H,34,35)(H,39,40). The molecule has 0 spiro atoms. The van der Waals surface area contributed by atoms with Crippen molar-refractivity contribution in [2.75, 3.05) is 5.75 Å². The van der Waals surface area contributed by atoms with E-state index in [1.165, 1.54) is 0 Å². The number of thiol groups is 1. The van der Waals surface area contributed by atoms with Gasteiger partial charge in [-0.05, 0) is 23.6 Å². The summed E-state index contributed by atoms with van der Waals surface area (Å²) < 4.78 is 0. The molecule has 0 aliphatic heterocycles. The first kappa shape index (κ1) is 31.2. The molecule has 41 heavy (non-hydrogen) atoms. The van der Waals surface area contributed by atoms with Crippen LogP contribution in [0.4, 0.5) is 0 Å². The predicted octanol–water partition coefficient (Wildman–Crippen LogP) is 0.614. The van der Waals surface area contributed by atoms with E-state index >= 15 is 0 Å². The topological polar surface area (TPSA) is 204 Å². The summed E-state index contributed by atoms with van der Waals surface area (Å²) >= 11 is 4.17. The van der Waals surface area contributed by atoms with Gasteiger partial charge in [-0.25, -0.2) is 4.79 Å². The van der Waals surface area contributed by atoms with Crippen molar-refractivity contribution in [1.82, 2.24) is 20.9 Å². The molecule has 4 unspecified atom stereocenters. The van der Waals surface area contributed by atoms with E-state index in [0.717, 1.165) is 10.9 Å². The molecule has 218 valence electrons. The molecule has 12 nitrogen and oxygen atoms in total. The number of amides is 3. The van der Waals surface area contributed by atoms with Crippen LogP contribution in [0.15, 0.2) is 60.8 Å². The molecule has 0 saturated heterocycles. The van der Waals surface area contributed by atoms with Crippen LogP contribution in [-0.2, 0) is 36.8 Å². The van der Waals surface area contributed by atoms with Gasteiger partial charge in [-0.15, -0.1) is 0 Å². The lowest BCUT2D eigenvalue weighted by Crippen LogP contribution is -2.58. The number of carbonyl (C=O) groups is 5. The number of hydrogen-bond acceptors (Lipinski definition) is 7. The fraction of sp³-hybridized carbons (Fsp3) is 0.321. The molecule has 13 heteroatoms. The molecular weight excluding hydrogens is 550 g/mol. The molecule has 4 atom stereocenters. The van der Waals surface area contributed by atoms with Gasteiger partial charge in [-0.1, -0.05) is 48.5 Å². The number of aliphatic carboxylic acids is 2. The second-order valence-corrected chi connectivity index (χ2v) is 9.86. The number of carbonyl (C=O) groups excluding carboxylic acids is 3. The summed E-state index contributed by atoms with van der Waals surface area (Å²) in [5.41, 5.74) is 8.08. The lowest BCUT2D eigenvalue weighted by atomic mass is 10.0. The number of para-hydroxylation sites is 1. The third kappa shape index (κ3) is 9.08. The first-order valence-corrected chi connectivity index (χ1v) is 13.5. The molecule has 8 N–H and O–H groups in total. The van der Waals surface area contributed by atoms with Crippen LogP contribution in [0, 0.1) is 0 Å². The van der Waals surface area contributed by atoms with Crippen molar-refractivity contribution in [1.29, 1.82) is 0 Å². The highest BCUT2D eigenvalue weighted by Crippen LogP contribution is 2.19. The summed E-state index contributed by atoms with van der Waals surface area (Å²) in [5.74, 6) is -4.72. The van der Waals surface area contributed by atoms with Crippen molar-refractivity contribution in [3.05, 3.63) is 71.9 Å². The van der Waals surface area contributed by atoms with Crippen molar-refractivity contribution in [3.63, 3.8) is 0 Å². The zero-order valence-electron chi connectivity index (χ0n) is 22.1. The van der Waals surface area contributed by atoms with Crippen LogP contribution in [0.1, 0.15) is 24.0 Å². The highest BCUT2D eigenvalue weighted by molar-refractivity contribution is 7.80. The first-order valence-electron chi connectivity index (χ1n) is 12.9. The van der Waals surface area contributed by atoms with E-state index in [0.29, 0.717) is 11.1 Å². The van der Waals surface area contributed by atoms with Gasteiger partial charge in [-0.3, -0.25) is 19.2 Å². The van der Waals surface area contributed by atoms with Gasteiger partial charge < -0.3 is 36.9 Å². The molecule has 3 aromatic rings. The molecule has 0 saturated carbocycles. The number of nitrogens with one attached hydrogen (secondary N) is 4. The molecule has 1 aromatic heterocycles. The Balaban J connectivity index is 1.75. The van der Waals surface area contributed by atoms with Gasteiger partial charge in [0.05, 0.1) is 6.04 Å². The highest BCUT2D eigenvalue weighted by atomic mass is 32.1. The number of fused-ring (bicyclic) bond motifs is 1. The van der Waals surface area contributed by atoms with Crippen molar-refractivity contribution < 1.29 is 34.2 Å². The Bertz CT molecular complexity index is 1380. The van der Waals surface area contributed by atoms with Gasteiger partial charge in [0.2, 0.25) is 17.7 Å². The maximum Gasteiger partial charge on any atom is 0.326 e. The molecule has 3 rings (SSSR count). The number of carboxylic acid groups (broad SMARTS) is 2. The van der Waals surface area contributed by atoms with Crippen LogP contribution in [0.5, 0.6) is 0 Å². The minimum Gasteiger partial charge on any atom is -0.481 e. The third-order valence-electron chi connectivity index (χ3n) is 6.45. The average molecular weight is 584 g/mol. The summed E-state index contributed by atoms with van der Waals surface area (Å²) in [5, 5.41) is 26.9. The minimum atomic E-state index is -1.25. The van der Waals surface area contributed by atoms with Crippen LogP contribution in [0.3, 0.4) is 0 Å². The van der Waals surface area contributed by atoms with Crippen LogP contribution in [0.2, 0.25) is 0 Å². The minimum absolute atomic E-state index is 0.0277. The van der Waals surface area contributed by atoms with Gasteiger partial charge >= 0.3 is 11.9 Å². The van der Waals surface area contributed by atoms with Gasteiger partial charge in [0, 0.05) is 42.1 Å². The number of H-pyrrole nitrogens is 1. The largest absolute Gasteiger partial charge is 0.481 e. The highest BCUT2D eigenvalue weighted by Gasteiger charge is 2.30. The van der Waals surface area contributed by atoms with Crippen molar-refractivity contribution in [3.8, 4) is 0 Å². The van der Waals surface area contributed by atoms with E-state index in [-0.39, 0.29) is 31.4 Å². The van der Waals surface area contributed by atoms with Crippen LogP contribution in [-0.4, -0.2) is 74.8 Å². The summed E-state index contributed by atoms with van der Waals surface area (Å²) in [6.45, 7) is 0. The first-order chi connectivity index (χ1) is 19.6. The third-order valence-corrected chi connectivity index (χ3v) is 6.82. The molecule has 0 aliphatic rings. The Morgan fingerprint density at radius 2 is 1.41 bits per heavy atom. The molecule has 1 heterocycles. The van der Waals surface area contributed by atoms with E-state index in [1.807, 2.05) is 24.3 Å². The smallest absolute Gasteiger partial charge is 0.326 e. The van der Waals surface area contributed by atoms with E-state index in [9.17, 15) is 29.1 Å². The van der Waals surface area contributed by atoms with E-state index in [1.54, 1.807) is 36.5 Å². The summed E-state index contributed by atoms with van der Waals surface area (Å²) in [4.78, 5) is 65.0. The van der Waals surface area contributed by atoms with Crippen molar-refractivity contribution in [2.45, 2.75) is 49.9 Å². The zero-order chi connectivity index (χ0) is 29.9. The number of hydrogen-bond donors (Lipinski definition) is 8. The molecule has 0 fully saturated rings. The quantitative estimate of drug-likeness (QED) is 0.119. The Morgan fingerprint density at radius 1 is 0.805 bits per heavy atom. The molecule has 2 aromatic carbocycles. The number of nitrogens with two attached hydrogens (primary N) is 1. The fourth-order valence-electron chi connectivity index (χ4n) is 4.21. The van der Waals surface area contributed by atoms with E-state index in [4.69, 9.17) is 10.8 Å². The average Bonchev–Trinajstić information content (AvgIpc) is 3.36. The van der Waals surface area contributed by atoms with Crippen molar-refractivity contribution in [2.24, 2.45) is 5.73 Å². The Morgan fingerprint density at radius 3 is 2.07 bits per heavy atom. The molecular formula is C28H33N5O7S. The van der Waals surface area contributed by atoms with Crippen molar-refractivity contribution >= 4 is 53.2 Å². The maximum atomic E-state index is 13.4. The van der Waals surface area contributed by atoms with Gasteiger partial charge in [0.15, 0.2) is 0 Å².